The van der Waals surface area contributed by atoms with Gasteiger partial charge in [-0.15, -0.1) is 0 Å². The molecule has 4 atom stereocenters. The Labute approximate surface area is 188 Å². The molecule has 1 aromatic rings. The minimum absolute atomic E-state index is 0.0316. The van der Waals surface area contributed by atoms with E-state index >= 15 is 0 Å². The summed E-state index contributed by atoms with van der Waals surface area (Å²) in [5.74, 6) is -0.474. The van der Waals surface area contributed by atoms with Crippen molar-refractivity contribution >= 4 is 35.0 Å². The first-order valence-corrected chi connectivity index (χ1v) is 11.6. The zero-order chi connectivity index (χ0) is 22.8. The normalized spacial score (nSPS) is 34.2. The third-order valence-corrected chi connectivity index (χ3v) is 8.28. The molecule has 0 aromatic heterocycles. The van der Waals surface area contributed by atoms with Crippen LogP contribution in [0.15, 0.2) is 18.2 Å². The molecule has 0 spiro atoms. The number of likely N-dealkylation sites (tertiary alicyclic amines) is 1. The van der Waals surface area contributed by atoms with Crippen LogP contribution in [0.3, 0.4) is 0 Å². The van der Waals surface area contributed by atoms with E-state index in [-0.39, 0.29) is 40.4 Å². The SMILES string of the molecule is O=C(Nc1cc(C(F)(F)F)ccc1Cl)C1CCC(N2C(=O)[C@@H]3[C@H]4CC[C@@H](C4)[C@@H]3C2=O)CC1. The smallest absolute Gasteiger partial charge is 0.325 e. The minimum atomic E-state index is -4.53. The van der Waals surface area contributed by atoms with Crippen molar-refractivity contribution in [2.75, 3.05) is 5.32 Å². The highest BCUT2D eigenvalue weighted by Gasteiger charge is 2.61. The lowest BCUT2D eigenvalue weighted by Crippen LogP contribution is -2.44. The largest absolute Gasteiger partial charge is 0.416 e. The number of carbonyl (C=O) groups excluding carboxylic acids is 3. The van der Waals surface area contributed by atoms with Gasteiger partial charge in [-0.25, -0.2) is 0 Å². The lowest BCUT2D eigenvalue weighted by molar-refractivity contribution is -0.144. The van der Waals surface area contributed by atoms with Crippen LogP contribution in [0.25, 0.3) is 0 Å². The van der Waals surface area contributed by atoms with Gasteiger partial charge in [-0.05, 0) is 75.0 Å². The molecule has 5 nitrogen and oxygen atoms in total. The maximum absolute atomic E-state index is 13.0. The summed E-state index contributed by atoms with van der Waals surface area (Å²) in [5, 5.41) is 2.56. The number of hydrogen-bond donors (Lipinski definition) is 1. The van der Waals surface area contributed by atoms with E-state index in [1.54, 1.807) is 0 Å². The van der Waals surface area contributed by atoms with E-state index in [0.717, 1.165) is 37.5 Å². The molecule has 9 heteroatoms. The van der Waals surface area contributed by atoms with Crippen molar-refractivity contribution in [1.82, 2.24) is 4.90 Å². The molecule has 3 aliphatic carbocycles. The maximum atomic E-state index is 13.0. The summed E-state index contributed by atoms with van der Waals surface area (Å²) < 4.78 is 38.9. The molecule has 4 aliphatic rings. The van der Waals surface area contributed by atoms with E-state index in [1.807, 2.05) is 0 Å². The molecule has 172 valence electrons. The molecule has 1 saturated heterocycles. The van der Waals surface area contributed by atoms with Crippen molar-refractivity contribution in [2.24, 2.45) is 29.6 Å². The van der Waals surface area contributed by atoms with Crippen molar-refractivity contribution in [1.29, 1.82) is 0 Å². The van der Waals surface area contributed by atoms with Gasteiger partial charge in [0.05, 0.1) is 28.1 Å². The van der Waals surface area contributed by atoms with Crippen LogP contribution in [0.5, 0.6) is 0 Å². The topological polar surface area (TPSA) is 66.5 Å². The minimum Gasteiger partial charge on any atom is -0.325 e. The molecule has 32 heavy (non-hydrogen) atoms. The van der Waals surface area contributed by atoms with Crippen LogP contribution in [0, 0.1) is 29.6 Å². The molecule has 1 aliphatic heterocycles. The lowest BCUT2D eigenvalue weighted by atomic mass is 9.81. The number of halogens is 4. The summed E-state index contributed by atoms with van der Waals surface area (Å²) in [5.41, 5.74) is -0.951. The Morgan fingerprint density at radius 1 is 0.969 bits per heavy atom. The predicted molar refractivity (Wildman–Crippen MR) is 110 cm³/mol. The fraction of sp³-hybridized carbons (Fsp3) is 0.609. The first-order chi connectivity index (χ1) is 15.1. The highest BCUT2D eigenvalue weighted by atomic mass is 35.5. The van der Waals surface area contributed by atoms with Crippen LogP contribution in [-0.2, 0) is 20.6 Å². The van der Waals surface area contributed by atoms with Crippen LogP contribution < -0.4 is 5.32 Å². The van der Waals surface area contributed by atoms with E-state index in [1.165, 1.54) is 4.90 Å². The number of anilines is 1. The van der Waals surface area contributed by atoms with Crippen LogP contribution in [0.4, 0.5) is 18.9 Å². The van der Waals surface area contributed by atoms with Gasteiger partial charge in [0.1, 0.15) is 0 Å². The molecular formula is C23H24ClF3N2O3. The molecule has 2 bridgehead atoms. The number of nitrogens with one attached hydrogen (secondary N) is 1. The number of nitrogens with zero attached hydrogens (tertiary/aromatic N) is 1. The zero-order valence-corrected chi connectivity index (χ0v) is 18.1. The van der Waals surface area contributed by atoms with E-state index in [0.29, 0.717) is 37.5 Å². The van der Waals surface area contributed by atoms with Gasteiger partial charge in [0.15, 0.2) is 0 Å². The average molecular weight is 469 g/mol. The Bertz CT molecular complexity index is 946. The summed E-state index contributed by atoms with van der Waals surface area (Å²) in [7, 11) is 0. The molecule has 5 rings (SSSR count). The highest BCUT2D eigenvalue weighted by Crippen LogP contribution is 2.56. The second kappa shape index (κ2) is 7.75. The molecule has 1 heterocycles. The lowest BCUT2D eigenvalue weighted by Gasteiger charge is -2.33. The van der Waals surface area contributed by atoms with E-state index in [9.17, 15) is 27.6 Å². The van der Waals surface area contributed by atoms with Gasteiger partial charge < -0.3 is 5.32 Å². The molecule has 1 aromatic carbocycles. The summed E-state index contributed by atoms with van der Waals surface area (Å²) in [6, 6.07) is 2.63. The standard InChI is InChI=1S/C23H24ClF3N2O3/c24-16-8-5-14(23(25,26)27)10-17(16)28-20(30)11-3-6-15(7-4-11)29-21(31)18-12-1-2-13(9-12)19(18)22(29)32/h5,8,10-13,15,18-19H,1-4,6-7,9H2,(H,28,30)/t11?,12-,13-,15?,18-,19+/m0/s1. The summed E-state index contributed by atoms with van der Waals surface area (Å²) in [4.78, 5) is 40.2. The number of amides is 3. The number of rotatable bonds is 3. The van der Waals surface area contributed by atoms with E-state index in [2.05, 4.69) is 5.32 Å². The Morgan fingerprint density at radius 2 is 1.56 bits per heavy atom. The third kappa shape index (κ3) is 3.51. The van der Waals surface area contributed by atoms with Crippen molar-refractivity contribution in [2.45, 2.75) is 57.2 Å². The molecule has 3 saturated carbocycles. The number of imide groups is 1. The van der Waals surface area contributed by atoms with Gasteiger partial charge in [-0.2, -0.15) is 13.2 Å². The number of alkyl halides is 3. The van der Waals surface area contributed by atoms with Crippen molar-refractivity contribution in [3.05, 3.63) is 28.8 Å². The summed E-state index contributed by atoms with van der Waals surface area (Å²) >= 11 is 5.98. The molecule has 3 amide bonds. The fourth-order valence-electron chi connectivity index (χ4n) is 6.42. The average Bonchev–Trinajstić information content (AvgIpc) is 3.43. The van der Waals surface area contributed by atoms with E-state index in [4.69, 9.17) is 11.6 Å². The quantitative estimate of drug-likeness (QED) is 0.642. The Kier molecular flexibility index (Phi) is 5.26. The van der Waals surface area contributed by atoms with Gasteiger partial charge in [0.25, 0.3) is 0 Å². The Morgan fingerprint density at radius 3 is 2.12 bits per heavy atom. The zero-order valence-electron chi connectivity index (χ0n) is 17.3. The number of carbonyl (C=O) groups is 3. The molecule has 4 fully saturated rings. The fourth-order valence-corrected chi connectivity index (χ4v) is 6.58. The Balaban J connectivity index is 1.22. The van der Waals surface area contributed by atoms with Crippen molar-refractivity contribution < 1.29 is 27.6 Å². The number of hydrogen-bond acceptors (Lipinski definition) is 3. The number of fused-ring (bicyclic) bond motifs is 5. The van der Waals surface area contributed by atoms with Gasteiger partial charge in [0, 0.05) is 12.0 Å². The van der Waals surface area contributed by atoms with Crippen LogP contribution in [-0.4, -0.2) is 28.7 Å². The summed E-state index contributed by atoms with van der Waals surface area (Å²) in [6.07, 6.45) is 0.508. The van der Waals surface area contributed by atoms with Gasteiger partial charge in [-0.3, -0.25) is 19.3 Å². The first kappa shape index (κ1) is 21.7. The summed E-state index contributed by atoms with van der Waals surface area (Å²) in [6.45, 7) is 0. The maximum Gasteiger partial charge on any atom is 0.416 e. The monoisotopic (exact) mass is 468 g/mol. The molecular weight excluding hydrogens is 445 g/mol. The molecule has 0 unspecified atom stereocenters. The highest BCUT2D eigenvalue weighted by molar-refractivity contribution is 6.33. The van der Waals surface area contributed by atoms with Gasteiger partial charge in [-0.1, -0.05) is 11.6 Å². The van der Waals surface area contributed by atoms with Crippen LogP contribution in [0.1, 0.15) is 50.5 Å². The number of benzene rings is 1. The van der Waals surface area contributed by atoms with Crippen molar-refractivity contribution in [3.63, 3.8) is 0 Å². The Hall–Kier alpha value is -2.09. The second-order valence-corrected chi connectivity index (χ2v) is 10.0. The second-order valence-electron chi connectivity index (χ2n) is 9.62. The van der Waals surface area contributed by atoms with Gasteiger partial charge in [0.2, 0.25) is 17.7 Å². The van der Waals surface area contributed by atoms with Crippen LogP contribution in [0.2, 0.25) is 5.02 Å². The molecule has 0 radical (unpaired) electrons. The van der Waals surface area contributed by atoms with Crippen LogP contribution >= 0.6 is 11.6 Å². The first-order valence-electron chi connectivity index (χ1n) is 11.2. The third-order valence-electron chi connectivity index (χ3n) is 7.95. The molecule has 1 N–H and O–H groups in total. The van der Waals surface area contributed by atoms with E-state index < -0.39 is 23.6 Å². The van der Waals surface area contributed by atoms with Gasteiger partial charge >= 0.3 is 6.18 Å². The predicted octanol–water partition coefficient (Wildman–Crippen LogP) is 4.89. The van der Waals surface area contributed by atoms with Crippen molar-refractivity contribution in [3.8, 4) is 0 Å².